The molecule has 0 N–H and O–H groups in total. The molecule has 1 aliphatic heterocycles. The summed E-state index contributed by atoms with van der Waals surface area (Å²) in [5.74, 6) is 0.949. The number of anilines is 1. The third-order valence-corrected chi connectivity index (χ3v) is 3.86. The number of nitrogens with zero attached hydrogens (tertiary/aromatic N) is 4. The van der Waals surface area contributed by atoms with Crippen molar-refractivity contribution in [2.45, 2.75) is 25.8 Å². The van der Waals surface area contributed by atoms with Gasteiger partial charge in [-0.05, 0) is 33.4 Å². The van der Waals surface area contributed by atoms with Crippen molar-refractivity contribution in [2.75, 3.05) is 32.1 Å². The Morgan fingerprint density at radius 3 is 2.94 bits per heavy atom. The Balaban J connectivity index is 2.18. The highest BCUT2D eigenvalue weighted by Gasteiger charge is 2.23. The molecule has 1 saturated heterocycles. The lowest BCUT2D eigenvalue weighted by Gasteiger charge is -2.37. The Kier molecular flexibility index (Phi) is 3.84. The molecule has 4 nitrogen and oxygen atoms in total. The zero-order valence-electron chi connectivity index (χ0n) is 10.6. The fourth-order valence-electron chi connectivity index (χ4n) is 2.40. The van der Waals surface area contributed by atoms with E-state index in [1.165, 1.54) is 25.7 Å². The number of halogens is 1. The molecule has 1 unspecified atom stereocenters. The first-order valence-electron chi connectivity index (χ1n) is 5.98. The van der Waals surface area contributed by atoms with Gasteiger partial charge in [0.1, 0.15) is 17.3 Å². The molecule has 17 heavy (non-hydrogen) atoms. The number of hydrogen-bond acceptors (Lipinski definition) is 4. The standard InChI is InChI=1S/C12H19ClN4/c1-9-11(13)14-8-15-12(9)17(3)10-5-4-6-16(2)7-10/h8,10H,4-7H2,1-3H3. The Bertz CT molecular complexity index is 396. The molecule has 94 valence electrons. The van der Waals surface area contributed by atoms with Gasteiger partial charge < -0.3 is 9.80 Å². The number of likely N-dealkylation sites (tertiary alicyclic amines) is 1. The van der Waals surface area contributed by atoms with Crippen molar-refractivity contribution in [2.24, 2.45) is 0 Å². The smallest absolute Gasteiger partial charge is 0.137 e. The van der Waals surface area contributed by atoms with Gasteiger partial charge in [0.05, 0.1) is 0 Å². The first-order valence-corrected chi connectivity index (χ1v) is 6.36. The molecule has 0 aliphatic carbocycles. The van der Waals surface area contributed by atoms with Crippen LogP contribution in [0.2, 0.25) is 5.15 Å². The Morgan fingerprint density at radius 2 is 2.24 bits per heavy atom. The molecular formula is C12H19ClN4. The van der Waals surface area contributed by atoms with E-state index < -0.39 is 0 Å². The van der Waals surface area contributed by atoms with E-state index >= 15 is 0 Å². The van der Waals surface area contributed by atoms with Gasteiger partial charge in [0, 0.05) is 25.2 Å². The van der Waals surface area contributed by atoms with Gasteiger partial charge in [-0.1, -0.05) is 11.6 Å². The topological polar surface area (TPSA) is 32.3 Å². The van der Waals surface area contributed by atoms with Crippen LogP contribution in [0, 0.1) is 6.92 Å². The summed E-state index contributed by atoms with van der Waals surface area (Å²) in [6.07, 6.45) is 3.99. The Hall–Kier alpha value is -0.870. The van der Waals surface area contributed by atoms with Gasteiger partial charge >= 0.3 is 0 Å². The normalized spacial score (nSPS) is 21.5. The summed E-state index contributed by atoms with van der Waals surface area (Å²) in [6.45, 7) is 4.24. The van der Waals surface area contributed by atoms with Gasteiger partial charge in [-0.15, -0.1) is 0 Å². The average molecular weight is 255 g/mol. The van der Waals surface area contributed by atoms with E-state index in [1.54, 1.807) is 0 Å². The maximum Gasteiger partial charge on any atom is 0.137 e. The van der Waals surface area contributed by atoms with Crippen LogP contribution in [0.3, 0.4) is 0 Å². The summed E-state index contributed by atoms with van der Waals surface area (Å²) < 4.78 is 0. The van der Waals surface area contributed by atoms with Crippen LogP contribution < -0.4 is 4.90 Å². The highest BCUT2D eigenvalue weighted by Crippen LogP contribution is 2.25. The molecule has 0 bridgehead atoms. The summed E-state index contributed by atoms with van der Waals surface area (Å²) in [5, 5.41) is 0.547. The third-order valence-electron chi connectivity index (χ3n) is 3.48. The summed E-state index contributed by atoms with van der Waals surface area (Å²) in [5.41, 5.74) is 0.963. The first-order chi connectivity index (χ1) is 8.09. The van der Waals surface area contributed by atoms with E-state index in [1.807, 2.05) is 6.92 Å². The lowest BCUT2D eigenvalue weighted by atomic mass is 10.0. The van der Waals surface area contributed by atoms with Gasteiger partial charge in [0.25, 0.3) is 0 Å². The van der Waals surface area contributed by atoms with E-state index in [0.29, 0.717) is 11.2 Å². The summed E-state index contributed by atoms with van der Waals surface area (Å²) in [4.78, 5) is 12.9. The molecule has 1 fully saturated rings. The van der Waals surface area contributed by atoms with Crippen molar-refractivity contribution in [3.05, 3.63) is 17.0 Å². The van der Waals surface area contributed by atoms with Crippen molar-refractivity contribution in [1.82, 2.24) is 14.9 Å². The molecule has 1 aromatic rings. The molecule has 0 spiro atoms. The van der Waals surface area contributed by atoms with E-state index in [2.05, 4.69) is 33.9 Å². The minimum absolute atomic E-state index is 0.512. The second kappa shape index (κ2) is 5.19. The summed E-state index contributed by atoms with van der Waals surface area (Å²) in [7, 11) is 4.26. The Morgan fingerprint density at radius 1 is 1.47 bits per heavy atom. The number of aromatic nitrogens is 2. The molecule has 2 heterocycles. The third kappa shape index (κ3) is 2.69. The van der Waals surface area contributed by atoms with Crippen LogP contribution in [0.5, 0.6) is 0 Å². The zero-order chi connectivity index (χ0) is 12.4. The van der Waals surface area contributed by atoms with E-state index in [9.17, 15) is 0 Å². The van der Waals surface area contributed by atoms with Crippen LogP contribution in [-0.2, 0) is 0 Å². The molecule has 1 atom stereocenters. The number of piperidine rings is 1. The van der Waals surface area contributed by atoms with E-state index in [0.717, 1.165) is 17.9 Å². The SMILES string of the molecule is Cc1c(Cl)ncnc1N(C)C1CCCN(C)C1. The van der Waals surface area contributed by atoms with Crippen LogP contribution in [0.25, 0.3) is 0 Å². The molecule has 0 amide bonds. The molecule has 5 heteroatoms. The lowest BCUT2D eigenvalue weighted by molar-refractivity contribution is 0.247. The lowest BCUT2D eigenvalue weighted by Crippen LogP contribution is -2.45. The minimum atomic E-state index is 0.512. The molecule has 0 radical (unpaired) electrons. The average Bonchev–Trinajstić information content (AvgIpc) is 2.32. The van der Waals surface area contributed by atoms with Crippen molar-refractivity contribution in [3.8, 4) is 0 Å². The maximum absolute atomic E-state index is 6.04. The van der Waals surface area contributed by atoms with Crippen LogP contribution in [0.4, 0.5) is 5.82 Å². The second-order valence-electron chi connectivity index (χ2n) is 4.78. The summed E-state index contributed by atoms with van der Waals surface area (Å²) in [6, 6.07) is 0.512. The zero-order valence-corrected chi connectivity index (χ0v) is 11.4. The van der Waals surface area contributed by atoms with Crippen LogP contribution in [0.15, 0.2) is 6.33 Å². The summed E-state index contributed by atoms with van der Waals surface area (Å²) >= 11 is 6.04. The van der Waals surface area contributed by atoms with Crippen molar-refractivity contribution < 1.29 is 0 Å². The van der Waals surface area contributed by atoms with Crippen molar-refractivity contribution >= 4 is 17.4 Å². The monoisotopic (exact) mass is 254 g/mol. The van der Waals surface area contributed by atoms with Gasteiger partial charge in [0.15, 0.2) is 0 Å². The van der Waals surface area contributed by atoms with E-state index in [-0.39, 0.29) is 0 Å². The van der Waals surface area contributed by atoms with Crippen LogP contribution in [0.1, 0.15) is 18.4 Å². The largest absolute Gasteiger partial charge is 0.355 e. The fourth-order valence-corrected chi connectivity index (χ4v) is 2.53. The fraction of sp³-hybridized carbons (Fsp3) is 0.667. The maximum atomic E-state index is 6.04. The number of likely N-dealkylation sites (N-methyl/N-ethyl adjacent to an activating group) is 2. The number of hydrogen-bond donors (Lipinski definition) is 0. The predicted octanol–water partition coefficient (Wildman–Crippen LogP) is 1.97. The van der Waals surface area contributed by atoms with Crippen molar-refractivity contribution in [1.29, 1.82) is 0 Å². The number of rotatable bonds is 2. The highest BCUT2D eigenvalue weighted by molar-refractivity contribution is 6.30. The first kappa shape index (κ1) is 12.6. The van der Waals surface area contributed by atoms with Crippen LogP contribution in [-0.4, -0.2) is 48.1 Å². The molecule has 0 aromatic carbocycles. The van der Waals surface area contributed by atoms with Gasteiger partial charge in [-0.3, -0.25) is 0 Å². The van der Waals surface area contributed by atoms with Crippen molar-refractivity contribution in [3.63, 3.8) is 0 Å². The van der Waals surface area contributed by atoms with Gasteiger partial charge in [-0.25, -0.2) is 9.97 Å². The Labute approximate surface area is 108 Å². The molecular weight excluding hydrogens is 236 g/mol. The minimum Gasteiger partial charge on any atom is -0.355 e. The highest BCUT2D eigenvalue weighted by atomic mass is 35.5. The quantitative estimate of drug-likeness (QED) is 0.756. The second-order valence-corrected chi connectivity index (χ2v) is 5.14. The molecule has 2 rings (SSSR count). The molecule has 1 aromatic heterocycles. The van der Waals surface area contributed by atoms with Crippen LogP contribution >= 0.6 is 11.6 Å². The molecule has 1 aliphatic rings. The van der Waals surface area contributed by atoms with Gasteiger partial charge in [-0.2, -0.15) is 0 Å². The van der Waals surface area contributed by atoms with Gasteiger partial charge in [0.2, 0.25) is 0 Å². The van der Waals surface area contributed by atoms with E-state index in [4.69, 9.17) is 11.6 Å². The predicted molar refractivity (Wildman–Crippen MR) is 70.7 cm³/mol. The molecule has 0 saturated carbocycles.